The second-order valence-electron chi connectivity index (χ2n) is 6.89. The molecule has 1 fully saturated rings. The molecule has 29 heavy (non-hydrogen) atoms. The number of benzene rings is 2. The lowest BCUT2D eigenvalue weighted by atomic mass is 10.2. The number of urea groups is 1. The van der Waals surface area contributed by atoms with E-state index >= 15 is 0 Å². The zero-order valence-corrected chi connectivity index (χ0v) is 17.4. The maximum Gasteiger partial charge on any atom is 0.321 e. The third-order valence-corrected chi connectivity index (χ3v) is 6.12. The molecule has 8 heteroatoms. The van der Waals surface area contributed by atoms with Gasteiger partial charge in [-0.15, -0.1) is 0 Å². The molecular formula is C21H27N3O4S. The predicted molar refractivity (Wildman–Crippen MR) is 114 cm³/mol. The highest BCUT2D eigenvalue weighted by Gasteiger charge is 2.18. The second kappa shape index (κ2) is 9.65. The van der Waals surface area contributed by atoms with Crippen LogP contribution in [0.3, 0.4) is 0 Å². The molecule has 156 valence electrons. The smallest absolute Gasteiger partial charge is 0.321 e. The van der Waals surface area contributed by atoms with Gasteiger partial charge in [0.05, 0.1) is 17.2 Å². The van der Waals surface area contributed by atoms with Gasteiger partial charge in [0.2, 0.25) is 0 Å². The molecular weight excluding hydrogens is 390 g/mol. The molecule has 1 saturated heterocycles. The van der Waals surface area contributed by atoms with E-state index in [0.29, 0.717) is 23.7 Å². The number of hydrogen-bond acceptors (Lipinski definition) is 4. The number of carbonyl (C=O) groups excluding carboxylic acids is 1. The minimum absolute atomic E-state index is 0.108. The Kier molecular flexibility index (Phi) is 6.98. The van der Waals surface area contributed by atoms with Gasteiger partial charge in [-0.05, 0) is 56.2 Å². The molecule has 3 rings (SSSR count). The van der Waals surface area contributed by atoms with Gasteiger partial charge < -0.3 is 15.0 Å². The van der Waals surface area contributed by atoms with Gasteiger partial charge in [0, 0.05) is 18.8 Å². The average Bonchev–Trinajstić information content (AvgIpc) is 3.00. The fourth-order valence-corrected chi connectivity index (χ4v) is 4.30. The molecule has 1 heterocycles. The standard InChI is InChI=1S/C21H27N3O4S/c1-2-28-20-10-6-5-9-19(20)23-29(26,27)18-13-11-17(12-14-18)22-21(25)24-15-7-3-4-8-16-24/h5-6,9-14,23H,2-4,7-8,15-16H2,1H3,(H,22,25). The van der Waals surface area contributed by atoms with Crippen LogP contribution in [0.15, 0.2) is 53.4 Å². The summed E-state index contributed by atoms with van der Waals surface area (Å²) in [6, 6.07) is 12.9. The van der Waals surface area contributed by atoms with E-state index in [1.807, 2.05) is 11.8 Å². The van der Waals surface area contributed by atoms with Crippen LogP contribution in [0, 0.1) is 0 Å². The minimum Gasteiger partial charge on any atom is -0.492 e. The van der Waals surface area contributed by atoms with Gasteiger partial charge in [-0.2, -0.15) is 0 Å². The topological polar surface area (TPSA) is 87.7 Å². The number of nitrogens with zero attached hydrogens (tertiary/aromatic N) is 1. The van der Waals surface area contributed by atoms with Crippen molar-refractivity contribution in [3.8, 4) is 5.75 Å². The van der Waals surface area contributed by atoms with Gasteiger partial charge in [-0.1, -0.05) is 25.0 Å². The zero-order chi connectivity index (χ0) is 20.7. The van der Waals surface area contributed by atoms with Crippen LogP contribution in [0.1, 0.15) is 32.6 Å². The molecule has 7 nitrogen and oxygen atoms in total. The molecule has 2 aromatic carbocycles. The Morgan fingerprint density at radius 1 is 1.00 bits per heavy atom. The van der Waals surface area contributed by atoms with E-state index in [1.165, 1.54) is 12.1 Å². The number of amides is 2. The van der Waals surface area contributed by atoms with E-state index in [-0.39, 0.29) is 10.9 Å². The summed E-state index contributed by atoms with van der Waals surface area (Å²) in [4.78, 5) is 14.3. The molecule has 0 aliphatic carbocycles. The van der Waals surface area contributed by atoms with E-state index in [2.05, 4.69) is 10.0 Å². The van der Waals surface area contributed by atoms with Crippen molar-refractivity contribution >= 4 is 27.4 Å². The summed E-state index contributed by atoms with van der Waals surface area (Å²) in [5.41, 5.74) is 0.945. The normalized spacial score (nSPS) is 14.7. The predicted octanol–water partition coefficient (Wildman–Crippen LogP) is 4.29. The Balaban J connectivity index is 1.68. The third-order valence-electron chi connectivity index (χ3n) is 4.74. The van der Waals surface area contributed by atoms with Gasteiger partial charge in [-0.25, -0.2) is 13.2 Å². The number of likely N-dealkylation sites (tertiary alicyclic amines) is 1. The molecule has 0 spiro atoms. The molecule has 0 radical (unpaired) electrons. The monoisotopic (exact) mass is 417 g/mol. The van der Waals surface area contributed by atoms with E-state index in [4.69, 9.17) is 4.74 Å². The van der Waals surface area contributed by atoms with Crippen LogP contribution in [-0.2, 0) is 10.0 Å². The lowest BCUT2D eigenvalue weighted by Gasteiger charge is -2.20. The number of hydrogen-bond donors (Lipinski definition) is 2. The number of nitrogens with one attached hydrogen (secondary N) is 2. The van der Waals surface area contributed by atoms with Crippen LogP contribution < -0.4 is 14.8 Å². The summed E-state index contributed by atoms with van der Waals surface area (Å²) in [6.45, 7) is 3.77. The molecule has 0 atom stereocenters. The molecule has 0 saturated carbocycles. The van der Waals surface area contributed by atoms with Crippen molar-refractivity contribution in [2.45, 2.75) is 37.5 Å². The van der Waals surface area contributed by atoms with Crippen molar-refractivity contribution in [1.29, 1.82) is 0 Å². The molecule has 0 bridgehead atoms. The maximum atomic E-state index is 12.7. The number of anilines is 2. The van der Waals surface area contributed by atoms with Crippen LogP contribution in [0.25, 0.3) is 0 Å². The fourth-order valence-electron chi connectivity index (χ4n) is 3.23. The van der Waals surface area contributed by atoms with Crippen molar-refractivity contribution in [3.05, 3.63) is 48.5 Å². The Morgan fingerprint density at radius 2 is 1.66 bits per heavy atom. The van der Waals surface area contributed by atoms with Gasteiger partial charge in [0.1, 0.15) is 5.75 Å². The lowest BCUT2D eigenvalue weighted by Crippen LogP contribution is -2.35. The highest BCUT2D eigenvalue weighted by molar-refractivity contribution is 7.92. The number of carbonyl (C=O) groups is 1. The Labute approximate surface area is 172 Å². The highest BCUT2D eigenvalue weighted by atomic mass is 32.2. The van der Waals surface area contributed by atoms with E-state index in [0.717, 1.165) is 38.8 Å². The first-order valence-corrected chi connectivity index (χ1v) is 11.4. The number of para-hydroxylation sites is 2. The molecule has 0 aromatic heterocycles. The molecule has 2 N–H and O–H groups in total. The average molecular weight is 418 g/mol. The van der Waals surface area contributed by atoms with Gasteiger partial charge >= 0.3 is 6.03 Å². The fraction of sp³-hybridized carbons (Fsp3) is 0.381. The molecule has 1 aliphatic heterocycles. The maximum absolute atomic E-state index is 12.7. The van der Waals surface area contributed by atoms with Crippen LogP contribution in [-0.4, -0.2) is 39.0 Å². The van der Waals surface area contributed by atoms with Crippen LogP contribution in [0.5, 0.6) is 5.75 Å². The van der Waals surface area contributed by atoms with Crippen LogP contribution >= 0.6 is 0 Å². The quantitative estimate of drug-likeness (QED) is 0.734. The largest absolute Gasteiger partial charge is 0.492 e. The molecule has 1 aliphatic rings. The first-order chi connectivity index (χ1) is 14.0. The van der Waals surface area contributed by atoms with Crippen molar-refractivity contribution in [3.63, 3.8) is 0 Å². The second-order valence-corrected chi connectivity index (χ2v) is 8.57. The van der Waals surface area contributed by atoms with Gasteiger partial charge in [0.25, 0.3) is 10.0 Å². The van der Waals surface area contributed by atoms with E-state index in [1.54, 1.807) is 36.4 Å². The summed E-state index contributed by atoms with van der Waals surface area (Å²) >= 11 is 0. The highest BCUT2D eigenvalue weighted by Crippen LogP contribution is 2.27. The first kappa shape index (κ1) is 21.0. The molecule has 2 aromatic rings. The van der Waals surface area contributed by atoms with Crippen molar-refractivity contribution < 1.29 is 17.9 Å². The van der Waals surface area contributed by atoms with Crippen molar-refractivity contribution in [2.24, 2.45) is 0 Å². The first-order valence-electron chi connectivity index (χ1n) is 9.90. The van der Waals surface area contributed by atoms with Gasteiger partial charge in [0.15, 0.2) is 0 Å². The number of sulfonamides is 1. The Bertz CT molecular complexity index is 921. The summed E-state index contributed by atoms with van der Waals surface area (Å²) in [7, 11) is -3.78. The lowest BCUT2D eigenvalue weighted by molar-refractivity contribution is 0.214. The third kappa shape index (κ3) is 5.63. The van der Waals surface area contributed by atoms with Crippen LogP contribution in [0.4, 0.5) is 16.2 Å². The number of ether oxygens (including phenoxy) is 1. The van der Waals surface area contributed by atoms with Crippen molar-refractivity contribution in [1.82, 2.24) is 4.90 Å². The van der Waals surface area contributed by atoms with E-state index < -0.39 is 10.0 Å². The number of rotatable bonds is 6. The van der Waals surface area contributed by atoms with Crippen molar-refractivity contribution in [2.75, 3.05) is 29.7 Å². The molecule has 0 unspecified atom stereocenters. The van der Waals surface area contributed by atoms with E-state index in [9.17, 15) is 13.2 Å². The summed E-state index contributed by atoms with van der Waals surface area (Å²) < 4.78 is 33.5. The summed E-state index contributed by atoms with van der Waals surface area (Å²) in [6.07, 6.45) is 4.32. The summed E-state index contributed by atoms with van der Waals surface area (Å²) in [5, 5.41) is 2.85. The SMILES string of the molecule is CCOc1ccccc1NS(=O)(=O)c1ccc(NC(=O)N2CCCCCC2)cc1. The Hall–Kier alpha value is -2.74. The van der Waals surface area contributed by atoms with Gasteiger partial charge in [-0.3, -0.25) is 4.72 Å². The zero-order valence-electron chi connectivity index (χ0n) is 16.6. The summed E-state index contributed by atoms with van der Waals surface area (Å²) in [5.74, 6) is 0.472. The van der Waals surface area contributed by atoms with Crippen LogP contribution in [0.2, 0.25) is 0 Å². The Morgan fingerprint density at radius 3 is 2.31 bits per heavy atom. The minimum atomic E-state index is -3.78. The molecule has 2 amide bonds.